The highest BCUT2D eigenvalue weighted by molar-refractivity contribution is 5.46. The zero-order valence-electron chi connectivity index (χ0n) is 11.4. The van der Waals surface area contributed by atoms with Crippen LogP contribution in [0.2, 0.25) is 0 Å². The Hall–Kier alpha value is -2.04. The lowest BCUT2D eigenvalue weighted by Crippen LogP contribution is -2.18. The number of hydrogen-bond donors (Lipinski definition) is 1. The average Bonchev–Trinajstić information content (AvgIpc) is 2.38. The summed E-state index contributed by atoms with van der Waals surface area (Å²) >= 11 is 0. The molecule has 0 spiro atoms. The quantitative estimate of drug-likeness (QED) is 0.792. The third-order valence-corrected chi connectivity index (χ3v) is 3.06. The molecule has 0 aliphatic heterocycles. The monoisotopic (exact) mass is 297 g/mol. The standard InChI is InChI=1S/C16H15F4N/c1-11(9-12-3-2-4-14(17)10-12)21-15-7-5-13(6-8-15)16(18,19)20/h2-8,10-11,21H,9H2,1H3. The number of anilines is 1. The molecule has 2 aromatic carbocycles. The Labute approximate surface area is 120 Å². The number of hydrogen-bond acceptors (Lipinski definition) is 1. The van der Waals surface area contributed by atoms with Gasteiger partial charge in [-0.2, -0.15) is 13.2 Å². The van der Waals surface area contributed by atoms with E-state index in [0.29, 0.717) is 12.1 Å². The molecule has 1 unspecified atom stereocenters. The lowest BCUT2D eigenvalue weighted by atomic mass is 10.1. The Kier molecular flexibility index (Phi) is 4.50. The highest BCUT2D eigenvalue weighted by Crippen LogP contribution is 2.29. The van der Waals surface area contributed by atoms with Crippen LogP contribution in [-0.4, -0.2) is 6.04 Å². The predicted molar refractivity (Wildman–Crippen MR) is 74.6 cm³/mol. The molecule has 0 heterocycles. The van der Waals surface area contributed by atoms with Gasteiger partial charge in [-0.15, -0.1) is 0 Å². The van der Waals surface area contributed by atoms with E-state index in [2.05, 4.69) is 5.32 Å². The van der Waals surface area contributed by atoms with Gasteiger partial charge in [-0.25, -0.2) is 4.39 Å². The van der Waals surface area contributed by atoms with E-state index in [1.807, 2.05) is 13.0 Å². The summed E-state index contributed by atoms with van der Waals surface area (Å²) in [7, 11) is 0. The molecule has 112 valence electrons. The van der Waals surface area contributed by atoms with E-state index in [1.165, 1.54) is 24.3 Å². The van der Waals surface area contributed by atoms with E-state index in [1.54, 1.807) is 6.07 Å². The van der Waals surface area contributed by atoms with Crippen LogP contribution in [-0.2, 0) is 12.6 Å². The van der Waals surface area contributed by atoms with Gasteiger partial charge in [-0.3, -0.25) is 0 Å². The van der Waals surface area contributed by atoms with Crippen molar-refractivity contribution < 1.29 is 17.6 Å². The summed E-state index contributed by atoms with van der Waals surface area (Å²) < 4.78 is 50.4. The Morgan fingerprint density at radius 2 is 1.71 bits per heavy atom. The van der Waals surface area contributed by atoms with Gasteiger partial charge in [0.1, 0.15) is 5.82 Å². The van der Waals surface area contributed by atoms with Gasteiger partial charge in [0.2, 0.25) is 0 Å². The highest BCUT2D eigenvalue weighted by Gasteiger charge is 2.29. The third kappa shape index (κ3) is 4.48. The lowest BCUT2D eigenvalue weighted by molar-refractivity contribution is -0.137. The summed E-state index contributed by atoms with van der Waals surface area (Å²) in [5.74, 6) is -0.297. The first-order chi connectivity index (χ1) is 9.84. The SMILES string of the molecule is CC(Cc1cccc(F)c1)Nc1ccc(C(F)(F)F)cc1. The van der Waals surface area contributed by atoms with Crippen LogP contribution in [0.25, 0.3) is 0 Å². The van der Waals surface area contributed by atoms with Crippen LogP contribution in [0.3, 0.4) is 0 Å². The maximum Gasteiger partial charge on any atom is 0.416 e. The van der Waals surface area contributed by atoms with Crippen LogP contribution >= 0.6 is 0 Å². The molecule has 0 saturated heterocycles. The van der Waals surface area contributed by atoms with Gasteiger partial charge < -0.3 is 5.32 Å². The summed E-state index contributed by atoms with van der Waals surface area (Å²) in [5, 5.41) is 3.10. The summed E-state index contributed by atoms with van der Waals surface area (Å²) in [5.41, 5.74) is 0.764. The highest BCUT2D eigenvalue weighted by atomic mass is 19.4. The number of alkyl halides is 3. The maximum absolute atomic E-state index is 13.1. The number of benzene rings is 2. The molecule has 0 aliphatic carbocycles. The second kappa shape index (κ2) is 6.16. The van der Waals surface area contributed by atoms with Crippen molar-refractivity contribution in [1.29, 1.82) is 0 Å². The Morgan fingerprint density at radius 3 is 2.29 bits per heavy atom. The first-order valence-corrected chi connectivity index (χ1v) is 6.53. The first kappa shape index (κ1) is 15.4. The molecular formula is C16H15F4N. The minimum absolute atomic E-state index is 0.0245. The average molecular weight is 297 g/mol. The second-order valence-electron chi connectivity index (χ2n) is 4.95. The molecule has 1 atom stereocenters. The molecule has 0 fully saturated rings. The van der Waals surface area contributed by atoms with Crippen molar-refractivity contribution in [2.75, 3.05) is 5.32 Å². The van der Waals surface area contributed by atoms with E-state index in [4.69, 9.17) is 0 Å². The molecule has 0 aliphatic rings. The van der Waals surface area contributed by atoms with E-state index in [-0.39, 0.29) is 11.9 Å². The summed E-state index contributed by atoms with van der Waals surface area (Å²) in [6.07, 6.45) is -3.75. The molecule has 0 radical (unpaired) electrons. The van der Waals surface area contributed by atoms with E-state index < -0.39 is 11.7 Å². The number of nitrogens with one attached hydrogen (secondary N) is 1. The van der Waals surface area contributed by atoms with E-state index in [0.717, 1.165) is 17.7 Å². The van der Waals surface area contributed by atoms with E-state index in [9.17, 15) is 17.6 Å². The topological polar surface area (TPSA) is 12.0 Å². The van der Waals surface area contributed by atoms with Crippen molar-refractivity contribution >= 4 is 5.69 Å². The summed E-state index contributed by atoms with van der Waals surface area (Å²) in [4.78, 5) is 0. The summed E-state index contributed by atoms with van der Waals surface area (Å²) in [6, 6.07) is 11.1. The van der Waals surface area contributed by atoms with Crippen molar-refractivity contribution in [2.45, 2.75) is 25.6 Å². The van der Waals surface area contributed by atoms with Crippen LogP contribution in [0, 0.1) is 5.82 Å². The molecule has 5 heteroatoms. The Morgan fingerprint density at radius 1 is 1.05 bits per heavy atom. The summed E-state index contributed by atoms with van der Waals surface area (Å²) in [6.45, 7) is 1.89. The molecule has 1 N–H and O–H groups in total. The minimum atomic E-state index is -4.33. The van der Waals surface area contributed by atoms with Crippen LogP contribution in [0.4, 0.5) is 23.2 Å². The fraction of sp³-hybridized carbons (Fsp3) is 0.250. The lowest BCUT2D eigenvalue weighted by Gasteiger charge is -2.16. The number of rotatable bonds is 4. The zero-order chi connectivity index (χ0) is 15.5. The fourth-order valence-electron chi connectivity index (χ4n) is 2.11. The molecule has 0 aromatic heterocycles. The molecular weight excluding hydrogens is 282 g/mol. The maximum atomic E-state index is 13.1. The smallest absolute Gasteiger partial charge is 0.382 e. The molecule has 1 nitrogen and oxygen atoms in total. The van der Waals surface area contributed by atoms with Crippen molar-refractivity contribution in [3.8, 4) is 0 Å². The van der Waals surface area contributed by atoms with Crippen LogP contribution < -0.4 is 5.32 Å². The second-order valence-corrected chi connectivity index (χ2v) is 4.95. The molecule has 2 aromatic rings. The van der Waals surface area contributed by atoms with Crippen LogP contribution in [0.15, 0.2) is 48.5 Å². The van der Waals surface area contributed by atoms with Gasteiger partial charge in [0, 0.05) is 11.7 Å². The number of halogens is 4. The Balaban J connectivity index is 1.98. The van der Waals surface area contributed by atoms with Gasteiger partial charge in [-0.1, -0.05) is 12.1 Å². The minimum Gasteiger partial charge on any atom is -0.382 e. The molecule has 0 saturated carbocycles. The van der Waals surface area contributed by atoms with Gasteiger partial charge in [0.05, 0.1) is 5.56 Å². The van der Waals surface area contributed by atoms with Crippen molar-refractivity contribution in [2.24, 2.45) is 0 Å². The van der Waals surface area contributed by atoms with Crippen molar-refractivity contribution in [3.63, 3.8) is 0 Å². The predicted octanol–water partition coefficient (Wildman–Crippen LogP) is 4.89. The van der Waals surface area contributed by atoms with Gasteiger partial charge >= 0.3 is 6.18 Å². The van der Waals surface area contributed by atoms with Crippen LogP contribution in [0.1, 0.15) is 18.1 Å². The normalized spacial score (nSPS) is 13.0. The molecule has 0 bridgehead atoms. The van der Waals surface area contributed by atoms with Gasteiger partial charge in [0.15, 0.2) is 0 Å². The van der Waals surface area contributed by atoms with Gasteiger partial charge in [-0.05, 0) is 55.3 Å². The zero-order valence-corrected chi connectivity index (χ0v) is 11.4. The fourth-order valence-corrected chi connectivity index (χ4v) is 2.11. The molecule has 21 heavy (non-hydrogen) atoms. The van der Waals surface area contributed by atoms with Crippen molar-refractivity contribution in [1.82, 2.24) is 0 Å². The first-order valence-electron chi connectivity index (χ1n) is 6.53. The third-order valence-electron chi connectivity index (χ3n) is 3.06. The van der Waals surface area contributed by atoms with E-state index >= 15 is 0 Å². The molecule has 0 amide bonds. The largest absolute Gasteiger partial charge is 0.416 e. The van der Waals surface area contributed by atoms with Crippen molar-refractivity contribution in [3.05, 3.63) is 65.5 Å². The van der Waals surface area contributed by atoms with Gasteiger partial charge in [0.25, 0.3) is 0 Å². The Bertz CT molecular complexity index is 590. The molecule has 2 rings (SSSR count). The van der Waals surface area contributed by atoms with Crippen LogP contribution in [0.5, 0.6) is 0 Å².